The lowest BCUT2D eigenvalue weighted by molar-refractivity contribution is -0.119. The Balaban J connectivity index is 1.71. The molecule has 0 aromatic heterocycles. The second kappa shape index (κ2) is 6.03. The molecule has 0 aliphatic carbocycles. The number of benzene rings is 2. The predicted octanol–water partition coefficient (Wildman–Crippen LogP) is 2.16. The summed E-state index contributed by atoms with van der Waals surface area (Å²) in [6, 6.07) is 14.0. The van der Waals surface area contributed by atoms with E-state index in [4.69, 9.17) is 4.74 Å². The summed E-state index contributed by atoms with van der Waals surface area (Å²) in [7, 11) is 0. The van der Waals surface area contributed by atoms with Gasteiger partial charge in [0.15, 0.2) is 0 Å². The largest absolute Gasteiger partial charge is 0.375 e. The monoisotopic (exact) mass is 270 g/mol. The summed E-state index contributed by atoms with van der Waals surface area (Å²) in [6.07, 6.45) is 0.356. The molecular formula is C16H18N2O2. The Morgan fingerprint density at radius 1 is 1.25 bits per heavy atom. The van der Waals surface area contributed by atoms with Gasteiger partial charge in [0.05, 0.1) is 19.1 Å². The van der Waals surface area contributed by atoms with Gasteiger partial charge in [0.25, 0.3) is 0 Å². The van der Waals surface area contributed by atoms with Crippen LogP contribution in [0.5, 0.6) is 0 Å². The quantitative estimate of drug-likeness (QED) is 0.898. The smallest absolute Gasteiger partial charge is 0.227 e. The van der Waals surface area contributed by atoms with Crippen molar-refractivity contribution in [2.75, 3.05) is 25.0 Å². The third kappa shape index (κ3) is 2.98. The maximum Gasteiger partial charge on any atom is 0.227 e. The van der Waals surface area contributed by atoms with E-state index in [0.717, 1.165) is 29.5 Å². The number of nitrogens with one attached hydrogen (secondary N) is 2. The van der Waals surface area contributed by atoms with Gasteiger partial charge in [-0.25, -0.2) is 0 Å². The fraction of sp³-hybridized carbons (Fsp3) is 0.312. The van der Waals surface area contributed by atoms with Crippen molar-refractivity contribution < 1.29 is 9.53 Å². The van der Waals surface area contributed by atoms with Gasteiger partial charge in [-0.2, -0.15) is 0 Å². The highest BCUT2D eigenvalue weighted by molar-refractivity contribution is 6.02. The molecule has 3 rings (SSSR count). The summed E-state index contributed by atoms with van der Waals surface area (Å²) in [4.78, 5) is 12.1. The maximum absolute atomic E-state index is 12.1. The molecule has 0 radical (unpaired) electrons. The van der Waals surface area contributed by atoms with E-state index in [9.17, 15) is 4.79 Å². The number of hydrogen-bond donors (Lipinski definition) is 2. The van der Waals surface area contributed by atoms with E-state index in [2.05, 4.69) is 10.6 Å². The van der Waals surface area contributed by atoms with Crippen LogP contribution in [0.4, 0.5) is 5.69 Å². The van der Waals surface area contributed by atoms with Crippen molar-refractivity contribution in [2.24, 2.45) is 0 Å². The first-order valence-electron chi connectivity index (χ1n) is 6.93. The molecule has 1 unspecified atom stereocenters. The van der Waals surface area contributed by atoms with Crippen molar-refractivity contribution in [3.63, 3.8) is 0 Å². The van der Waals surface area contributed by atoms with Crippen molar-refractivity contribution >= 4 is 22.4 Å². The molecule has 1 fully saturated rings. The molecule has 2 aromatic rings. The van der Waals surface area contributed by atoms with Gasteiger partial charge in [-0.05, 0) is 11.5 Å². The first kappa shape index (κ1) is 13.1. The highest BCUT2D eigenvalue weighted by Crippen LogP contribution is 2.23. The number of ether oxygens (including phenoxy) is 1. The Bertz CT molecular complexity index is 601. The molecule has 1 amide bonds. The Hall–Kier alpha value is -1.91. The van der Waals surface area contributed by atoms with Crippen molar-refractivity contribution in [3.05, 3.63) is 42.5 Å². The fourth-order valence-electron chi connectivity index (χ4n) is 2.49. The van der Waals surface area contributed by atoms with Crippen LogP contribution in [0.3, 0.4) is 0 Å². The Morgan fingerprint density at radius 3 is 2.95 bits per heavy atom. The maximum atomic E-state index is 12.1. The second-order valence-corrected chi connectivity index (χ2v) is 4.98. The molecule has 0 bridgehead atoms. The second-order valence-electron chi connectivity index (χ2n) is 4.98. The first-order valence-corrected chi connectivity index (χ1v) is 6.93. The number of amides is 1. The molecule has 20 heavy (non-hydrogen) atoms. The van der Waals surface area contributed by atoms with E-state index < -0.39 is 0 Å². The first-order chi connectivity index (χ1) is 9.83. The number of fused-ring (bicyclic) bond motifs is 1. The molecular weight excluding hydrogens is 252 g/mol. The third-order valence-electron chi connectivity index (χ3n) is 3.48. The third-order valence-corrected chi connectivity index (χ3v) is 3.48. The Morgan fingerprint density at radius 2 is 2.10 bits per heavy atom. The molecule has 1 aliphatic rings. The summed E-state index contributed by atoms with van der Waals surface area (Å²) >= 11 is 0. The van der Waals surface area contributed by atoms with Gasteiger partial charge >= 0.3 is 0 Å². The Labute approximate surface area is 118 Å². The van der Waals surface area contributed by atoms with Gasteiger partial charge in [-0.15, -0.1) is 0 Å². The minimum Gasteiger partial charge on any atom is -0.375 e. The highest BCUT2D eigenvalue weighted by Gasteiger charge is 2.17. The van der Waals surface area contributed by atoms with E-state index in [-0.39, 0.29) is 12.0 Å². The van der Waals surface area contributed by atoms with Crippen molar-refractivity contribution in [2.45, 2.75) is 12.5 Å². The zero-order valence-electron chi connectivity index (χ0n) is 11.3. The van der Waals surface area contributed by atoms with Gasteiger partial charge in [0.1, 0.15) is 0 Å². The lowest BCUT2D eigenvalue weighted by Crippen LogP contribution is -2.40. The topological polar surface area (TPSA) is 50.4 Å². The minimum atomic E-state index is -0.0290. The number of carbonyl (C=O) groups excluding carboxylic acids is 1. The fourth-order valence-corrected chi connectivity index (χ4v) is 2.49. The number of anilines is 1. The van der Waals surface area contributed by atoms with Crippen LogP contribution in [0.25, 0.3) is 10.8 Å². The zero-order chi connectivity index (χ0) is 13.8. The van der Waals surface area contributed by atoms with E-state index in [1.165, 1.54) is 0 Å². The van der Waals surface area contributed by atoms with Crippen LogP contribution >= 0.6 is 0 Å². The normalized spacial score (nSPS) is 18.9. The number of morpholine rings is 1. The van der Waals surface area contributed by atoms with Gasteiger partial charge < -0.3 is 15.4 Å². The van der Waals surface area contributed by atoms with Crippen LogP contribution in [0.2, 0.25) is 0 Å². The SMILES string of the molecule is O=C(CC1CNCCO1)Nc1cccc2ccccc12. The van der Waals surface area contributed by atoms with Crippen molar-refractivity contribution in [1.82, 2.24) is 5.32 Å². The molecule has 4 nitrogen and oxygen atoms in total. The average Bonchev–Trinajstić information content (AvgIpc) is 2.48. The summed E-state index contributed by atoms with van der Waals surface area (Å²) in [5.41, 5.74) is 0.858. The summed E-state index contributed by atoms with van der Waals surface area (Å²) in [5, 5.41) is 8.40. The molecule has 2 N–H and O–H groups in total. The molecule has 104 valence electrons. The van der Waals surface area contributed by atoms with E-state index in [1.807, 2.05) is 42.5 Å². The van der Waals surface area contributed by atoms with Crippen LogP contribution in [-0.2, 0) is 9.53 Å². The van der Waals surface area contributed by atoms with Crippen molar-refractivity contribution in [3.8, 4) is 0 Å². The summed E-state index contributed by atoms with van der Waals surface area (Å²) in [5.74, 6) is -0.00458. The van der Waals surface area contributed by atoms with Crippen LogP contribution < -0.4 is 10.6 Å². The van der Waals surface area contributed by atoms with Gasteiger partial charge in [0, 0.05) is 24.2 Å². The van der Waals surface area contributed by atoms with Gasteiger partial charge in [-0.1, -0.05) is 36.4 Å². The van der Waals surface area contributed by atoms with E-state index in [1.54, 1.807) is 0 Å². The highest BCUT2D eigenvalue weighted by atomic mass is 16.5. The van der Waals surface area contributed by atoms with E-state index in [0.29, 0.717) is 13.0 Å². The Kier molecular flexibility index (Phi) is 3.95. The standard InChI is InChI=1S/C16H18N2O2/c19-16(10-13-11-17-8-9-20-13)18-15-7-3-5-12-4-1-2-6-14(12)15/h1-7,13,17H,8-11H2,(H,18,19). The van der Waals surface area contributed by atoms with Gasteiger partial charge in [0.2, 0.25) is 5.91 Å². The average molecular weight is 270 g/mol. The van der Waals surface area contributed by atoms with E-state index >= 15 is 0 Å². The lowest BCUT2D eigenvalue weighted by Gasteiger charge is -2.23. The van der Waals surface area contributed by atoms with Gasteiger partial charge in [-0.3, -0.25) is 4.79 Å². The van der Waals surface area contributed by atoms with Crippen LogP contribution in [0.1, 0.15) is 6.42 Å². The minimum absolute atomic E-state index is 0.00458. The van der Waals surface area contributed by atoms with Crippen molar-refractivity contribution in [1.29, 1.82) is 0 Å². The summed E-state index contributed by atoms with van der Waals surface area (Å²) < 4.78 is 5.55. The van der Waals surface area contributed by atoms with Crippen LogP contribution in [0, 0.1) is 0 Å². The molecule has 1 atom stereocenters. The molecule has 4 heteroatoms. The molecule has 0 saturated carbocycles. The van der Waals surface area contributed by atoms with Crippen LogP contribution in [0.15, 0.2) is 42.5 Å². The zero-order valence-corrected chi connectivity index (χ0v) is 11.3. The molecule has 1 saturated heterocycles. The molecule has 1 aliphatic heterocycles. The number of rotatable bonds is 3. The number of carbonyl (C=O) groups is 1. The molecule has 0 spiro atoms. The predicted molar refractivity (Wildman–Crippen MR) is 79.8 cm³/mol. The molecule has 1 heterocycles. The van der Waals surface area contributed by atoms with Crippen LogP contribution in [-0.4, -0.2) is 31.7 Å². The number of hydrogen-bond acceptors (Lipinski definition) is 3. The summed E-state index contributed by atoms with van der Waals surface area (Å²) in [6.45, 7) is 2.27. The molecule has 2 aromatic carbocycles. The lowest BCUT2D eigenvalue weighted by atomic mass is 10.1.